The van der Waals surface area contributed by atoms with E-state index in [1.807, 2.05) is 19.1 Å². The normalized spacial score (nSPS) is 26.1. The van der Waals surface area contributed by atoms with Crippen molar-refractivity contribution in [3.05, 3.63) is 29.8 Å². The van der Waals surface area contributed by atoms with Gasteiger partial charge in [-0.15, -0.1) is 0 Å². The van der Waals surface area contributed by atoms with Crippen molar-refractivity contribution in [2.75, 3.05) is 13.1 Å². The first-order valence-electron chi connectivity index (χ1n) is 6.25. The predicted octanol–water partition coefficient (Wildman–Crippen LogP) is 2.11. The summed E-state index contributed by atoms with van der Waals surface area (Å²) in [5, 5.41) is 18.4. The van der Waals surface area contributed by atoms with Crippen molar-refractivity contribution >= 4 is 5.97 Å². The molecule has 1 aliphatic heterocycles. The average molecular weight is 249 g/mol. The number of rotatable bonds is 3. The number of carbonyl (C=O) groups is 1. The number of phenols is 1. The third kappa shape index (κ3) is 2.48. The van der Waals surface area contributed by atoms with Gasteiger partial charge in [0.2, 0.25) is 0 Å². The number of aliphatic carboxylic acids is 1. The molecule has 0 aromatic heterocycles. The maximum Gasteiger partial charge on any atom is 0.308 e. The van der Waals surface area contributed by atoms with Crippen LogP contribution in [0, 0.1) is 11.8 Å². The molecule has 0 amide bonds. The van der Waals surface area contributed by atoms with Crippen LogP contribution in [0.1, 0.15) is 25.5 Å². The van der Waals surface area contributed by atoms with Gasteiger partial charge in [0.25, 0.3) is 0 Å². The molecule has 1 aliphatic rings. The fourth-order valence-corrected chi connectivity index (χ4v) is 2.61. The maximum atomic E-state index is 11.1. The molecule has 0 aliphatic carbocycles. The zero-order chi connectivity index (χ0) is 13.3. The van der Waals surface area contributed by atoms with E-state index in [0.717, 1.165) is 12.1 Å². The zero-order valence-electron chi connectivity index (χ0n) is 10.7. The molecule has 0 bridgehead atoms. The molecule has 1 saturated heterocycles. The van der Waals surface area contributed by atoms with Gasteiger partial charge in [-0.05, 0) is 30.5 Å². The quantitative estimate of drug-likeness (QED) is 0.861. The lowest BCUT2D eigenvalue weighted by atomic mass is 9.99. The highest BCUT2D eigenvalue weighted by atomic mass is 16.4. The number of carboxylic acid groups (broad SMARTS) is 1. The first-order valence-corrected chi connectivity index (χ1v) is 6.25. The van der Waals surface area contributed by atoms with E-state index in [4.69, 9.17) is 5.11 Å². The Morgan fingerprint density at radius 2 is 1.94 bits per heavy atom. The monoisotopic (exact) mass is 249 g/mol. The van der Waals surface area contributed by atoms with E-state index in [1.165, 1.54) is 0 Å². The summed E-state index contributed by atoms with van der Waals surface area (Å²) in [6.07, 6.45) is 0. The van der Waals surface area contributed by atoms with Gasteiger partial charge in [0.1, 0.15) is 5.75 Å². The Bertz CT molecular complexity index is 429. The number of hydrogen-bond acceptors (Lipinski definition) is 3. The fourth-order valence-electron chi connectivity index (χ4n) is 2.61. The molecular weight excluding hydrogens is 230 g/mol. The molecule has 4 nitrogen and oxygen atoms in total. The van der Waals surface area contributed by atoms with Crippen molar-refractivity contribution in [2.45, 2.75) is 19.9 Å². The highest BCUT2D eigenvalue weighted by Gasteiger charge is 2.36. The third-order valence-electron chi connectivity index (χ3n) is 3.88. The van der Waals surface area contributed by atoms with E-state index in [9.17, 15) is 9.90 Å². The van der Waals surface area contributed by atoms with Crippen LogP contribution in [0.5, 0.6) is 5.75 Å². The van der Waals surface area contributed by atoms with E-state index in [1.54, 1.807) is 12.1 Å². The first kappa shape index (κ1) is 12.9. The van der Waals surface area contributed by atoms with Gasteiger partial charge in [0.15, 0.2) is 0 Å². The smallest absolute Gasteiger partial charge is 0.308 e. The van der Waals surface area contributed by atoms with Crippen LogP contribution in [0.25, 0.3) is 0 Å². The molecule has 1 aromatic rings. The first-order chi connectivity index (χ1) is 8.49. The molecule has 0 radical (unpaired) electrons. The Kier molecular flexibility index (Phi) is 3.57. The summed E-state index contributed by atoms with van der Waals surface area (Å²) >= 11 is 0. The minimum absolute atomic E-state index is 0.178. The molecule has 1 unspecified atom stereocenters. The van der Waals surface area contributed by atoms with Gasteiger partial charge in [0, 0.05) is 19.1 Å². The molecule has 4 heteroatoms. The van der Waals surface area contributed by atoms with Crippen molar-refractivity contribution in [3.63, 3.8) is 0 Å². The Morgan fingerprint density at radius 1 is 1.33 bits per heavy atom. The van der Waals surface area contributed by atoms with Crippen LogP contribution >= 0.6 is 0 Å². The molecule has 3 atom stereocenters. The number of hydrogen-bond donors (Lipinski definition) is 2. The Labute approximate surface area is 107 Å². The van der Waals surface area contributed by atoms with E-state index in [-0.39, 0.29) is 23.6 Å². The van der Waals surface area contributed by atoms with Crippen molar-refractivity contribution in [3.8, 4) is 5.75 Å². The van der Waals surface area contributed by atoms with Crippen LogP contribution in [-0.4, -0.2) is 34.2 Å². The molecule has 0 spiro atoms. The van der Waals surface area contributed by atoms with Gasteiger partial charge in [-0.3, -0.25) is 9.69 Å². The SMILES string of the molecule is CC(c1ccc(O)cc1)N1C[C@@H](C)[C@H](C(=O)O)C1. The van der Waals surface area contributed by atoms with E-state index in [2.05, 4.69) is 11.8 Å². The van der Waals surface area contributed by atoms with Gasteiger partial charge < -0.3 is 10.2 Å². The predicted molar refractivity (Wildman–Crippen MR) is 68.4 cm³/mol. The second kappa shape index (κ2) is 4.98. The highest BCUT2D eigenvalue weighted by molar-refractivity contribution is 5.71. The van der Waals surface area contributed by atoms with Crippen molar-refractivity contribution < 1.29 is 15.0 Å². The Hall–Kier alpha value is -1.55. The number of likely N-dealkylation sites (tertiary alicyclic amines) is 1. The van der Waals surface area contributed by atoms with Gasteiger partial charge >= 0.3 is 5.97 Å². The second-order valence-electron chi connectivity index (χ2n) is 5.14. The molecule has 18 heavy (non-hydrogen) atoms. The number of phenolic OH excluding ortho intramolecular Hbond substituents is 1. The summed E-state index contributed by atoms with van der Waals surface area (Å²) in [7, 11) is 0. The summed E-state index contributed by atoms with van der Waals surface area (Å²) in [6, 6.07) is 7.29. The average Bonchev–Trinajstić information content (AvgIpc) is 2.71. The fraction of sp³-hybridized carbons (Fsp3) is 0.500. The lowest BCUT2D eigenvalue weighted by Gasteiger charge is -2.24. The summed E-state index contributed by atoms with van der Waals surface area (Å²) in [4.78, 5) is 13.3. The zero-order valence-corrected chi connectivity index (χ0v) is 10.7. The third-order valence-corrected chi connectivity index (χ3v) is 3.88. The van der Waals surface area contributed by atoms with Gasteiger partial charge in [-0.2, -0.15) is 0 Å². The molecule has 1 heterocycles. The van der Waals surface area contributed by atoms with Gasteiger partial charge in [-0.1, -0.05) is 19.1 Å². The number of aromatic hydroxyl groups is 1. The molecular formula is C14H19NO3. The minimum atomic E-state index is -0.706. The lowest BCUT2D eigenvalue weighted by molar-refractivity contribution is -0.142. The number of benzene rings is 1. The second-order valence-corrected chi connectivity index (χ2v) is 5.14. The lowest BCUT2D eigenvalue weighted by Crippen LogP contribution is -2.26. The van der Waals surface area contributed by atoms with Crippen molar-refractivity contribution in [1.29, 1.82) is 0 Å². The Morgan fingerprint density at radius 3 is 2.44 bits per heavy atom. The van der Waals surface area contributed by atoms with Crippen LogP contribution in [0.3, 0.4) is 0 Å². The summed E-state index contributed by atoms with van der Waals surface area (Å²) < 4.78 is 0. The van der Waals surface area contributed by atoms with Crippen molar-refractivity contribution in [1.82, 2.24) is 4.90 Å². The van der Waals surface area contributed by atoms with Crippen LogP contribution in [0.15, 0.2) is 24.3 Å². The number of carboxylic acids is 1. The Balaban J connectivity index is 2.09. The topological polar surface area (TPSA) is 60.8 Å². The number of nitrogens with zero attached hydrogens (tertiary/aromatic N) is 1. The van der Waals surface area contributed by atoms with Gasteiger partial charge in [0.05, 0.1) is 5.92 Å². The van der Waals surface area contributed by atoms with Crippen LogP contribution in [-0.2, 0) is 4.79 Å². The molecule has 0 saturated carbocycles. The minimum Gasteiger partial charge on any atom is -0.508 e. The molecule has 2 N–H and O–H groups in total. The molecule has 1 aromatic carbocycles. The van der Waals surface area contributed by atoms with Crippen molar-refractivity contribution in [2.24, 2.45) is 11.8 Å². The van der Waals surface area contributed by atoms with Crippen LogP contribution in [0.4, 0.5) is 0 Å². The summed E-state index contributed by atoms with van der Waals surface area (Å²) in [5.41, 5.74) is 1.10. The molecule has 98 valence electrons. The van der Waals surface area contributed by atoms with Crippen LogP contribution < -0.4 is 0 Å². The van der Waals surface area contributed by atoms with E-state index < -0.39 is 5.97 Å². The molecule has 1 fully saturated rings. The summed E-state index contributed by atoms with van der Waals surface area (Å²) in [5.74, 6) is -0.543. The highest BCUT2D eigenvalue weighted by Crippen LogP contribution is 2.31. The van der Waals surface area contributed by atoms with E-state index >= 15 is 0 Å². The van der Waals surface area contributed by atoms with Crippen LogP contribution in [0.2, 0.25) is 0 Å². The van der Waals surface area contributed by atoms with Gasteiger partial charge in [-0.25, -0.2) is 0 Å². The summed E-state index contributed by atoms with van der Waals surface area (Å²) in [6.45, 7) is 5.46. The van der Waals surface area contributed by atoms with E-state index in [0.29, 0.717) is 6.54 Å². The molecule has 2 rings (SSSR count). The largest absolute Gasteiger partial charge is 0.508 e. The maximum absolute atomic E-state index is 11.1. The standard InChI is InChI=1S/C14H19NO3/c1-9-7-15(8-13(9)14(17)18)10(2)11-3-5-12(16)6-4-11/h3-6,9-10,13,16H,7-8H2,1-2H3,(H,17,18)/t9-,10?,13-/m1/s1.